The number of rotatable bonds is 3. The topological polar surface area (TPSA) is 26.3 Å². The maximum Gasteiger partial charge on any atom is 0.354 e. The molecule has 0 N–H and O–H groups in total. The van der Waals surface area contributed by atoms with Gasteiger partial charge in [-0.3, -0.25) is 0 Å². The lowest BCUT2D eigenvalue weighted by Gasteiger charge is -2.03. The first-order valence-electron chi connectivity index (χ1n) is 8.70. The minimum atomic E-state index is -0.300. The second kappa shape index (κ2) is 7.31. The molecule has 0 saturated carbocycles. The molecule has 0 unspecified atom stereocenters. The first kappa shape index (κ1) is 17.8. The van der Waals surface area contributed by atoms with Crippen LogP contribution in [0.25, 0.3) is 25.1 Å². The number of halogens is 1. The van der Waals surface area contributed by atoms with Crippen LogP contribution >= 0.6 is 44.4 Å². The van der Waals surface area contributed by atoms with Gasteiger partial charge in [0.25, 0.3) is 0 Å². The van der Waals surface area contributed by atoms with Crippen molar-refractivity contribution in [3.8, 4) is 10.6 Å². The molecule has 2 heterocycles. The van der Waals surface area contributed by atoms with Crippen LogP contribution in [-0.4, -0.2) is 5.97 Å². The third kappa shape index (κ3) is 3.03. The van der Waals surface area contributed by atoms with E-state index in [9.17, 15) is 4.79 Å². The van der Waals surface area contributed by atoms with Gasteiger partial charge in [0, 0.05) is 36.9 Å². The summed E-state index contributed by atoms with van der Waals surface area (Å²) in [5.74, 6) is 0.272. The van der Waals surface area contributed by atoms with Crippen LogP contribution in [0.5, 0.6) is 5.75 Å². The highest BCUT2D eigenvalue weighted by atomic mass is 127. The number of thiophene rings is 2. The van der Waals surface area contributed by atoms with Gasteiger partial charge >= 0.3 is 5.97 Å². The van der Waals surface area contributed by atoms with E-state index < -0.39 is 0 Å². The molecular weight excluding hydrogens is 499 g/mol. The Morgan fingerprint density at radius 2 is 1.43 bits per heavy atom. The van der Waals surface area contributed by atoms with Crippen molar-refractivity contribution in [2.75, 3.05) is 0 Å². The molecule has 0 fully saturated rings. The lowest BCUT2D eigenvalue weighted by molar-refractivity contribution is 0.0739. The summed E-state index contributed by atoms with van der Waals surface area (Å²) < 4.78 is 9.18. The van der Waals surface area contributed by atoms with E-state index in [0.717, 1.165) is 3.57 Å². The molecule has 136 valence electrons. The highest BCUT2D eigenvalue weighted by Crippen LogP contribution is 2.48. The Bertz CT molecular complexity index is 1260. The monoisotopic (exact) mass is 513 g/mol. The first-order chi connectivity index (χ1) is 13.7. The van der Waals surface area contributed by atoms with E-state index in [-0.39, 0.29) is 16.4 Å². The van der Waals surface area contributed by atoms with Gasteiger partial charge in [0.1, 0.15) is 10.6 Å². The van der Waals surface area contributed by atoms with Crippen molar-refractivity contribution in [1.29, 1.82) is 0 Å². The van der Waals surface area contributed by atoms with Crippen molar-refractivity contribution < 1.29 is 9.53 Å². The molecule has 0 bridgehead atoms. The smallest absolute Gasteiger partial charge is 0.354 e. The Balaban J connectivity index is 1.54. The van der Waals surface area contributed by atoms with Gasteiger partial charge in [0.15, 0.2) is 14.3 Å². The SMILES string of the molecule is O=C(Oc1ccc(-[s+]2c3ccccc3c3ccccc32)cc1)c1sccc1I. The zero-order valence-electron chi connectivity index (χ0n) is 14.6. The van der Waals surface area contributed by atoms with E-state index in [1.165, 1.54) is 36.4 Å². The third-order valence-corrected chi connectivity index (χ3v) is 9.07. The van der Waals surface area contributed by atoms with Gasteiger partial charge < -0.3 is 4.74 Å². The van der Waals surface area contributed by atoms with Crippen molar-refractivity contribution >= 4 is 70.5 Å². The summed E-state index contributed by atoms with van der Waals surface area (Å²) in [4.78, 5) is 14.2. The predicted molar refractivity (Wildman–Crippen MR) is 127 cm³/mol. The molecule has 0 amide bonds. The van der Waals surface area contributed by atoms with E-state index in [1.807, 2.05) is 23.6 Å². The Hall–Kier alpha value is -2.22. The van der Waals surface area contributed by atoms with Crippen LogP contribution in [0.1, 0.15) is 9.67 Å². The van der Waals surface area contributed by atoms with Gasteiger partial charge in [-0.2, -0.15) is 0 Å². The zero-order valence-corrected chi connectivity index (χ0v) is 18.4. The van der Waals surface area contributed by atoms with Crippen LogP contribution in [0.3, 0.4) is 0 Å². The molecule has 0 radical (unpaired) electrons. The van der Waals surface area contributed by atoms with Crippen LogP contribution in [0, 0.1) is 3.57 Å². The predicted octanol–water partition coefficient (Wildman–Crippen LogP) is 7.62. The molecule has 0 saturated heterocycles. The molecule has 3 aromatic carbocycles. The number of carbonyl (C=O) groups is 1. The third-order valence-electron chi connectivity index (χ3n) is 4.58. The van der Waals surface area contributed by atoms with Crippen molar-refractivity contribution in [1.82, 2.24) is 0 Å². The number of ether oxygens (including phenoxy) is 1. The minimum Gasteiger partial charge on any atom is -0.422 e. The number of hydrogen-bond donors (Lipinski definition) is 0. The molecule has 5 rings (SSSR count). The number of carbonyl (C=O) groups excluding carboxylic acids is 1. The van der Waals surface area contributed by atoms with Crippen molar-refractivity contribution in [3.05, 3.63) is 92.7 Å². The molecule has 2 nitrogen and oxygen atoms in total. The van der Waals surface area contributed by atoms with E-state index in [0.29, 0.717) is 10.6 Å². The number of hydrogen-bond acceptors (Lipinski definition) is 3. The summed E-state index contributed by atoms with van der Waals surface area (Å²) in [6.07, 6.45) is 0. The average molecular weight is 513 g/mol. The van der Waals surface area contributed by atoms with Crippen LogP contribution < -0.4 is 4.74 Å². The second-order valence-electron chi connectivity index (χ2n) is 6.26. The Morgan fingerprint density at radius 1 is 0.821 bits per heavy atom. The Morgan fingerprint density at radius 3 is 2.00 bits per heavy atom. The molecule has 5 heteroatoms. The molecule has 0 aliphatic rings. The largest absolute Gasteiger partial charge is 0.422 e. The Kier molecular flexibility index (Phi) is 4.66. The molecule has 28 heavy (non-hydrogen) atoms. The van der Waals surface area contributed by atoms with E-state index in [2.05, 4.69) is 83.3 Å². The van der Waals surface area contributed by atoms with Gasteiger partial charge in [-0.15, -0.1) is 11.3 Å². The maximum atomic E-state index is 12.3. The van der Waals surface area contributed by atoms with Gasteiger partial charge in [0.2, 0.25) is 0 Å². The lowest BCUT2D eigenvalue weighted by Crippen LogP contribution is -2.07. The fraction of sp³-hybridized carbons (Fsp3) is 0. The fourth-order valence-corrected chi connectivity index (χ4v) is 7.41. The molecule has 0 aliphatic carbocycles. The van der Waals surface area contributed by atoms with Crippen LogP contribution in [0.4, 0.5) is 0 Å². The van der Waals surface area contributed by atoms with E-state index in [4.69, 9.17) is 4.74 Å². The molecule has 2 aromatic heterocycles. The Labute approximate surface area is 182 Å². The van der Waals surface area contributed by atoms with Gasteiger partial charge in [-0.05, 0) is 70.4 Å². The van der Waals surface area contributed by atoms with Crippen LogP contribution in [0.2, 0.25) is 0 Å². The molecule has 0 atom stereocenters. The summed E-state index contributed by atoms with van der Waals surface area (Å²) in [7, 11) is -0.134. The maximum absolute atomic E-state index is 12.3. The van der Waals surface area contributed by atoms with E-state index in [1.54, 1.807) is 0 Å². The number of benzene rings is 3. The highest BCUT2D eigenvalue weighted by molar-refractivity contribution is 14.1. The van der Waals surface area contributed by atoms with E-state index >= 15 is 0 Å². The lowest BCUT2D eigenvalue weighted by atomic mass is 10.2. The number of esters is 1. The molecule has 0 aliphatic heterocycles. The average Bonchev–Trinajstić information content (AvgIpc) is 3.30. The summed E-state index contributed by atoms with van der Waals surface area (Å²) in [6, 6.07) is 27.1. The van der Waals surface area contributed by atoms with Crippen molar-refractivity contribution in [2.24, 2.45) is 0 Å². The molecule has 5 aromatic rings. The van der Waals surface area contributed by atoms with Crippen LogP contribution in [0.15, 0.2) is 84.2 Å². The van der Waals surface area contributed by atoms with Gasteiger partial charge in [-0.1, -0.05) is 24.3 Å². The highest BCUT2D eigenvalue weighted by Gasteiger charge is 2.23. The zero-order chi connectivity index (χ0) is 19.1. The van der Waals surface area contributed by atoms with Crippen LogP contribution in [-0.2, 0) is 0 Å². The van der Waals surface area contributed by atoms with Crippen molar-refractivity contribution in [3.63, 3.8) is 0 Å². The summed E-state index contributed by atoms with van der Waals surface area (Å²) in [5.41, 5.74) is 0. The summed E-state index contributed by atoms with van der Waals surface area (Å²) in [6.45, 7) is 0. The molecule has 0 spiro atoms. The van der Waals surface area contributed by atoms with Gasteiger partial charge in [-0.25, -0.2) is 4.79 Å². The summed E-state index contributed by atoms with van der Waals surface area (Å²) >= 11 is 3.56. The molecular formula is C23H14IO2S2+. The standard InChI is InChI=1S/C23H14IO2S2/c24-19-13-14-27-22(19)23(25)26-15-9-11-16(12-10-15)28-20-7-3-1-5-17(20)18-6-2-4-8-21(18)28/h1-14H/q+1. The fourth-order valence-electron chi connectivity index (χ4n) is 3.34. The normalized spacial score (nSPS) is 11.2. The number of fused-ring (bicyclic) bond motifs is 3. The summed E-state index contributed by atoms with van der Waals surface area (Å²) in [5, 5.41) is 4.52. The second-order valence-corrected chi connectivity index (χ2v) is 10.3. The van der Waals surface area contributed by atoms with Gasteiger partial charge in [0.05, 0.1) is 0 Å². The minimum absolute atomic E-state index is 0.134. The quantitative estimate of drug-likeness (QED) is 0.107. The van der Waals surface area contributed by atoms with Crippen molar-refractivity contribution in [2.45, 2.75) is 0 Å². The first-order valence-corrected chi connectivity index (χ1v) is 11.9.